The fraction of sp³-hybridized carbons (Fsp3) is 0.368. The first-order chi connectivity index (χ1) is 13.4. The molecule has 28 heavy (non-hydrogen) atoms. The van der Waals surface area contributed by atoms with E-state index in [4.69, 9.17) is 16.3 Å². The Balaban J connectivity index is 1.43. The molecular weight excluding hydrogens is 391 g/mol. The topological polar surface area (TPSA) is 92.8 Å². The average molecular weight is 409 g/mol. The van der Waals surface area contributed by atoms with Crippen molar-refractivity contribution in [3.05, 3.63) is 41.2 Å². The minimum Gasteiger partial charge on any atom is -0.456 e. The molecule has 0 saturated carbocycles. The molecule has 1 aliphatic carbocycles. The first-order valence-corrected chi connectivity index (χ1v) is 9.15. The standard InChI is InChI=1S/C19H18ClFN2O5/c20-14-9-11(5-6-15(14)21)22-16(24)10-28-17(25)7-8-23-18(26)12-3-1-2-4-13(12)19(23)27/h1-2,5-6,9,12-13H,3-4,7-8,10H2,(H,22,24)/t12-,13+. The van der Waals surface area contributed by atoms with Gasteiger partial charge in [0.1, 0.15) is 5.82 Å². The summed E-state index contributed by atoms with van der Waals surface area (Å²) in [6.45, 7) is -0.621. The minimum atomic E-state index is -0.708. The van der Waals surface area contributed by atoms with Crippen LogP contribution in [0.4, 0.5) is 10.1 Å². The van der Waals surface area contributed by atoms with Crippen LogP contribution in [-0.4, -0.2) is 41.7 Å². The van der Waals surface area contributed by atoms with Gasteiger partial charge in [0.15, 0.2) is 6.61 Å². The van der Waals surface area contributed by atoms with E-state index in [1.54, 1.807) is 0 Å². The fourth-order valence-electron chi connectivity index (χ4n) is 3.28. The van der Waals surface area contributed by atoms with Gasteiger partial charge in [0.2, 0.25) is 11.8 Å². The number of likely N-dealkylation sites (tertiary alicyclic amines) is 1. The molecule has 1 heterocycles. The Morgan fingerprint density at radius 2 is 1.82 bits per heavy atom. The molecule has 1 saturated heterocycles. The van der Waals surface area contributed by atoms with E-state index in [9.17, 15) is 23.6 Å². The van der Waals surface area contributed by atoms with Crippen molar-refractivity contribution in [1.82, 2.24) is 4.90 Å². The van der Waals surface area contributed by atoms with Gasteiger partial charge >= 0.3 is 5.97 Å². The number of imide groups is 1. The average Bonchev–Trinajstić information content (AvgIpc) is 2.92. The summed E-state index contributed by atoms with van der Waals surface area (Å²) in [4.78, 5) is 49.3. The molecule has 0 spiro atoms. The van der Waals surface area contributed by atoms with E-state index in [-0.39, 0.29) is 47.3 Å². The fourth-order valence-corrected chi connectivity index (χ4v) is 3.46. The second-order valence-corrected chi connectivity index (χ2v) is 6.98. The van der Waals surface area contributed by atoms with Crippen LogP contribution in [0.25, 0.3) is 0 Å². The van der Waals surface area contributed by atoms with Crippen molar-refractivity contribution in [3.63, 3.8) is 0 Å². The van der Waals surface area contributed by atoms with Gasteiger partial charge in [-0.2, -0.15) is 0 Å². The Hall–Kier alpha value is -2.74. The summed E-state index contributed by atoms with van der Waals surface area (Å²) in [6, 6.07) is 3.65. The highest BCUT2D eigenvalue weighted by Gasteiger charge is 2.46. The maximum atomic E-state index is 13.1. The Kier molecular flexibility index (Phi) is 6.08. The molecule has 3 rings (SSSR count). The molecule has 1 aromatic carbocycles. The summed E-state index contributed by atoms with van der Waals surface area (Å²) < 4.78 is 17.9. The van der Waals surface area contributed by atoms with Crippen LogP contribution in [0.5, 0.6) is 0 Å². The molecule has 2 atom stereocenters. The molecule has 3 amide bonds. The number of halogens is 2. The van der Waals surface area contributed by atoms with Crippen LogP contribution in [0, 0.1) is 17.7 Å². The third-order valence-corrected chi connectivity index (χ3v) is 5.00. The molecule has 0 aromatic heterocycles. The van der Waals surface area contributed by atoms with E-state index in [1.807, 2.05) is 12.2 Å². The molecule has 0 radical (unpaired) electrons. The molecule has 0 bridgehead atoms. The first kappa shape index (κ1) is 20.0. The molecule has 1 N–H and O–H groups in total. The maximum Gasteiger partial charge on any atom is 0.308 e. The van der Waals surface area contributed by atoms with E-state index >= 15 is 0 Å². The molecule has 2 aliphatic rings. The van der Waals surface area contributed by atoms with E-state index in [0.717, 1.165) is 11.0 Å². The van der Waals surface area contributed by atoms with Gasteiger partial charge in [-0.25, -0.2) is 4.39 Å². The molecule has 7 nitrogen and oxygen atoms in total. The van der Waals surface area contributed by atoms with Crippen molar-refractivity contribution < 1.29 is 28.3 Å². The van der Waals surface area contributed by atoms with Crippen LogP contribution < -0.4 is 5.32 Å². The Bertz CT molecular complexity index is 831. The second-order valence-electron chi connectivity index (χ2n) is 6.57. The summed E-state index contributed by atoms with van der Waals surface area (Å²) in [5.74, 6) is -3.17. The lowest BCUT2D eigenvalue weighted by atomic mass is 9.85. The normalized spacial score (nSPS) is 20.9. The number of esters is 1. The number of nitrogens with zero attached hydrogens (tertiary/aromatic N) is 1. The van der Waals surface area contributed by atoms with Gasteiger partial charge in [0, 0.05) is 12.2 Å². The predicted molar refractivity (Wildman–Crippen MR) is 97.7 cm³/mol. The number of anilines is 1. The number of ether oxygens (including phenoxy) is 1. The largest absolute Gasteiger partial charge is 0.456 e. The second kappa shape index (κ2) is 8.52. The number of hydrogen-bond donors (Lipinski definition) is 1. The monoisotopic (exact) mass is 408 g/mol. The Morgan fingerprint density at radius 1 is 1.18 bits per heavy atom. The third kappa shape index (κ3) is 4.39. The van der Waals surface area contributed by atoms with Gasteiger partial charge in [-0.1, -0.05) is 23.8 Å². The highest BCUT2D eigenvalue weighted by molar-refractivity contribution is 6.31. The van der Waals surface area contributed by atoms with Crippen LogP contribution in [0.3, 0.4) is 0 Å². The van der Waals surface area contributed by atoms with E-state index in [2.05, 4.69) is 5.32 Å². The number of carbonyl (C=O) groups excluding carboxylic acids is 4. The van der Waals surface area contributed by atoms with Crippen LogP contribution in [0.15, 0.2) is 30.4 Å². The Morgan fingerprint density at radius 3 is 2.43 bits per heavy atom. The summed E-state index contributed by atoms with van der Waals surface area (Å²) in [5, 5.41) is 2.27. The van der Waals surface area contributed by atoms with Crippen molar-refractivity contribution >= 4 is 41.0 Å². The van der Waals surface area contributed by atoms with Gasteiger partial charge in [0.25, 0.3) is 5.91 Å². The summed E-state index contributed by atoms with van der Waals surface area (Å²) in [7, 11) is 0. The number of hydrogen-bond acceptors (Lipinski definition) is 5. The van der Waals surface area contributed by atoms with E-state index in [1.165, 1.54) is 12.1 Å². The quantitative estimate of drug-likeness (QED) is 0.443. The molecule has 1 fully saturated rings. The molecule has 1 aromatic rings. The molecule has 148 valence electrons. The van der Waals surface area contributed by atoms with Crippen molar-refractivity contribution in [2.75, 3.05) is 18.5 Å². The highest BCUT2D eigenvalue weighted by atomic mass is 35.5. The van der Waals surface area contributed by atoms with Crippen molar-refractivity contribution in [2.24, 2.45) is 11.8 Å². The SMILES string of the molecule is O=C(COC(=O)CCN1C(=O)[C@H]2CC=CC[C@H]2C1=O)Nc1ccc(F)c(Cl)c1. The molecule has 1 aliphatic heterocycles. The van der Waals surface area contributed by atoms with Gasteiger partial charge < -0.3 is 10.1 Å². The van der Waals surface area contributed by atoms with Crippen molar-refractivity contribution in [2.45, 2.75) is 19.3 Å². The van der Waals surface area contributed by atoms with Gasteiger partial charge in [-0.3, -0.25) is 24.1 Å². The van der Waals surface area contributed by atoms with Crippen LogP contribution in [0.1, 0.15) is 19.3 Å². The van der Waals surface area contributed by atoms with Gasteiger partial charge in [-0.15, -0.1) is 0 Å². The number of allylic oxidation sites excluding steroid dienone is 2. The lowest BCUT2D eigenvalue weighted by Crippen LogP contribution is -2.33. The van der Waals surface area contributed by atoms with Crippen LogP contribution in [0.2, 0.25) is 5.02 Å². The number of rotatable bonds is 6. The zero-order valence-electron chi connectivity index (χ0n) is 14.8. The Labute approximate surface area is 165 Å². The summed E-state index contributed by atoms with van der Waals surface area (Å²) >= 11 is 5.62. The van der Waals surface area contributed by atoms with Crippen molar-refractivity contribution in [3.8, 4) is 0 Å². The van der Waals surface area contributed by atoms with Crippen LogP contribution >= 0.6 is 11.6 Å². The third-order valence-electron chi connectivity index (χ3n) is 4.71. The predicted octanol–water partition coefficient (Wildman–Crippen LogP) is 2.30. The maximum absolute atomic E-state index is 13.1. The lowest BCUT2D eigenvalue weighted by molar-refractivity contribution is -0.148. The summed E-state index contributed by atoms with van der Waals surface area (Å²) in [6.07, 6.45) is 4.64. The molecule has 0 unspecified atom stereocenters. The summed E-state index contributed by atoms with van der Waals surface area (Å²) in [5.41, 5.74) is 0.261. The van der Waals surface area contributed by atoms with E-state index in [0.29, 0.717) is 12.8 Å². The van der Waals surface area contributed by atoms with E-state index < -0.39 is 24.3 Å². The molecular formula is C19H18ClFN2O5. The lowest BCUT2D eigenvalue weighted by Gasteiger charge is -2.14. The number of fused-ring (bicyclic) bond motifs is 1. The highest BCUT2D eigenvalue weighted by Crippen LogP contribution is 2.35. The number of nitrogens with one attached hydrogen (secondary N) is 1. The number of amides is 3. The van der Waals surface area contributed by atoms with Crippen molar-refractivity contribution in [1.29, 1.82) is 0 Å². The minimum absolute atomic E-state index is 0.0707. The van der Waals surface area contributed by atoms with Gasteiger partial charge in [0.05, 0.1) is 23.3 Å². The van der Waals surface area contributed by atoms with Crippen LogP contribution in [-0.2, 0) is 23.9 Å². The zero-order valence-corrected chi connectivity index (χ0v) is 15.6. The number of benzene rings is 1. The first-order valence-electron chi connectivity index (χ1n) is 8.77. The smallest absolute Gasteiger partial charge is 0.308 e. The zero-order chi connectivity index (χ0) is 20.3. The molecule has 9 heteroatoms. The van der Waals surface area contributed by atoms with Gasteiger partial charge in [-0.05, 0) is 31.0 Å². The number of carbonyl (C=O) groups is 4.